The van der Waals surface area contributed by atoms with E-state index in [-0.39, 0.29) is 16.3 Å². The van der Waals surface area contributed by atoms with Gasteiger partial charge in [0.2, 0.25) is 5.91 Å². The predicted octanol–water partition coefficient (Wildman–Crippen LogP) is 0.641. The van der Waals surface area contributed by atoms with E-state index >= 15 is 0 Å². The largest absolute Gasteiger partial charge is 0.378 e. The molecule has 2 aromatic heterocycles. The zero-order valence-electron chi connectivity index (χ0n) is 16.3. The van der Waals surface area contributed by atoms with Gasteiger partial charge >= 0.3 is 0 Å². The topological polar surface area (TPSA) is 133 Å². The Balaban J connectivity index is 1.76. The molecule has 1 aromatic carbocycles. The number of aromatic nitrogens is 3. The lowest BCUT2D eigenvalue weighted by molar-refractivity contribution is 0.0297. The van der Waals surface area contributed by atoms with Crippen LogP contribution in [0.4, 0.5) is 0 Å². The number of nitrogens with two attached hydrogens (primary N) is 1. The highest BCUT2D eigenvalue weighted by Gasteiger charge is 2.24. The van der Waals surface area contributed by atoms with Gasteiger partial charge in [-0.2, -0.15) is 9.06 Å². The number of benzene rings is 1. The van der Waals surface area contributed by atoms with E-state index in [0.29, 0.717) is 43.1 Å². The molecule has 11 heteroatoms. The number of pyridine rings is 1. The summed E-state index contributed by atoms with van der Waals surface area (Å²) in [6.45, 7) is 1.74. The molecule has 0 atom stereocenters. The Morgan fingerprint density at radius 3 is 2.32 bits per heavy atom. The normalized spacial score (nSPS) is 14.5. The number of carbonyl (C=O) groups is 3. The van der Waals surface area contributed by atoms with Crippen LogP contribution in [0.5, 0.6) is 0 Å². The zero-order valence-corrected chi connectivity index (χ0v) is 17.1. The molecule has 0 unspecified atom stereocenters. The monoisotopic (exact) mass is 438 g/mol. The fourth-order valence-corrected chi connectivity index (χ4v) is 3.77. The Labute approximate surface area is 180 Å². The van der Waals surface area contributed by atoms with E-state index < -0.39 is 11.8 Å². The van der Waals surface area contributed by atoms with Gasteiger partial charge in [0.25, 0.3) is 11.8 Å². The molecule has 0 bridgehead atoms. The van der Waals surface area contributed by atoms with Crippen LogP contribution in [0.1, 0.15) is 31.2 Å². The average Bonchev–Trinajstić information content (AvgIpc) is 3.23. The van der Waals surface area contributed by atoms with Gasteiger partial charge in [0.1, 0.15) is 0 Å². The summed E-state index contributed by atoms with van der Waals surface area (Å²) in [6, 6.07) is 9.53. The van der Waals surface area contributed by atoms with Crippen LogP contribution in [0.15, 0.2) is 53.8 Å². The first kappa shape index (κ1) is 20.6. The van der Waals surface area contributed by atoms with Gasteiger partial charge in [0.15, 0.2) is 10.4 Å². The number of ether oxygens (including phenoxy) is 1. The van der Waals surface area contributed by atoms with Crippen molar-refractivity contribution in [1.29, 1.82) is 0 Å². The summed E-state index contributed by atoms with van der Waals surface area (Å²) < 4.78 is 6.98. The van der Waals surface area contributed by atoms with Gasteiger partial charge in [-0.15, -0.1) is 5.10 Å². The molecule has 1 aliphatic rings. The van der Waals surface area contributed by atoms with E-state index in [0.717, 1.165) is 11.5 Å². The fraction of sp³-hybridized carbons (Fsp3) is 0.200. The minimum absolute atomic E-state index is 0.0771. The molecule has 3 amide bonds. The minimum Gasteiger partial charge on any atom is -0.378 e. The van der Waals surface area contributed by atoms with Gasteiger partial charge in [0, 0.05) is 36.6 Å². The molecule has 0 saturated carbocycles. The maximum Gasteiger partial charge on any atom is 0.278 e. The van der Waals surface area contributed by atoms with Crippen molar-refractivity contribution in [3.8, 4) is 5.69 Å². The van der Waals surface area contributed by atoms with E-state index in [1.165, 1.54) is 16.5 Å². The Hall–Kier alpha value is -3.70. The fourth-order valence-electron chi connectivity index (χ4n) is 2.92. The van der Waals surface area contributed by atoms with Gasteiger partial charge < -0.3 is 15.4 Å². The third kappa shape index (κ3) is 4.57. The van der Waals surface area contributed by atoms with Crippen LogP contribution in [0, 0.1) is 0 Å². The number of carbonyl (C=O) groups excluding carboxylic acids is 3. The van der Waals surface area contributed by atoms with Crippen LogP contribution in [-0.4, -0.2) is 63.1 Å². The van der Waals surface area contributed by atoms with Crippen molar-refractivity contribution in [2.75, 3.05) is 26.3 Å². The van der Waals surface area contributed by atoms with Crippen molar-refractivity contribution >= 4 is 29.3 Å². The maximum atomic E-state index is 13.1. The van der Waals surface area contributed by atoms with Crippen molar-refractivity contribution in [3.63, 3.8) is 0 Å². The van der Waals surface area contributed by atoms with Gasteiger partial charge in [-0.3, -0.25) is 19.4 Å². The summed E-state index contributed by atoms with van der Waals surface area (Å²) in [5, 5.41) is 4.41. The molecule has 10 nitrogen and oxygen atoms in total. The smallest absolute Gasteiger partial charge is 0.278 e. The number of nitrogens with zero attached hydrogens (tertiary/aromatic N) is 5. The van der Waals surface area contributed by atoms with E-state index in [1.54, 1.807) is 41.3 Å². The van der Waals surface area contributed by atoms with Crippen molar-refractivity contribution in [2.24, 2.45) is 10.7 Å². The summed E-state index contributed by atoms with van der Waals surface area (Å²) in [6.07, 6.45) is 2.99. The van der Waals surface area contributed by atoms with Crippen LogP contribution in [0.3, 0.4) is 0 Å². The lowest BCUT2D eigenvalue weighted by Gasteiger charge is -2.25. The third-order valence-electron chi connectivity index (χ3n) is 4.57. The van der Waals surface area contributed by atoms with E-state index in [9.17, 15) is 14.4 Å². The van der Waals surface area contributed by atoms with E-state index in [1.807, 2.05) is 0 Å². The number of hydrogen-bond acceptors (Lipinski definition) is 7. The summed E-state index contributed by atoms with van der Waals surface area (Å²) in [7, 11) is 0. The van der Waals surface area contributed by atoms with Gasteiger partial charge in [0.05, 0.1) is 18.9 Å². The van der Waals surface area contributed by atoms with Crippen LogP contribution in [-0.2, 0) is 4.74 Å². The first-order valence-corrected chi connectivity index (χ1v) is 10.2. The Bertz CT molecular complexity index is 1180. The minimum atomic E-state index is -0.544. The highest BCUT2D eigenvalue weighted by Crippen LogP contribution is 2.13. The number of morpholine rings is 1. The number of rotatable bonds is 4. The van der Waals surface area contributed by atoms with E-state index in [4.69, 9.17) is 10.5 Å². The molecular formula is C20H18N6O4S. The van der Waals surface area contributed by atoms with Gasteiger partial charge in [-0.1, -0.05) is 0 Å². The number of amides is 3. The summed E-state index contributed by atoms with van der Waals surface area (Å²) >= 11 is 1.05. The second-order valence-corrected chi connectivity index (χ2v) is 7.50. The highest BCUT2D eigenvalue weighted by molar-refractivity contribution is 7.04. The molecule has 3 aromatic rings. The van der Waals surface area contributed by atoms with Crippen LogP contribution in [0.25, 0.3) is 5.69 Å². The molecule has 158 valence electrons. The zero-order chi connectivity index (χ0) is 21.8. The lowest BCUT2D eigenvalue weighted by Crippen LogP contribution is -2.42. The molecular weight excluding hydrogens is 420 g/mol. The molecule has 1 aliphatic heterocycles. The van der Waals surface area contributed by atoms with Crippen LogP contribution >= 0.6 is 11.5 Å². The first-order valence-electron chi connectivity index (χ1n) is 9.40. The van der Waals surface area contributed by atoms with Gasteiger partial charge in [-0.25, -0.2) is 0 Å². The highest BCUT2D eigenvalue weighted by atomic mass is 32.1. The first-order chi connectivity index (χ1) is 15.0. The van der Waals surface area contributed by atoms with Crippen LogP contribution in [0.2, 0.25) is 0 Å². The number of hydrogen-bond donors (Lipinski definition) is 1. The Morgan fingerprint density at radius 1 is 1.00 bits per heavy atom. The second kappa shape index (κ2) is 8.98. The SMILES string of the molecule is NC(=O)c1ccc(-n2nc(C(=O)N3CCOCC3)c(=NC(=O)c3ccncc3)s2)cc1. The van der Waals surface area contributed by atoms with Gasteiger partial charge in [-0.05, 0) is 47.9 Å². The van der Waals surface area contributed by atoms with Crippen LogP contribution < -0.4 is 10.4 Å². The van der Waals surface area contributed by atoms with Crippen molar-refractivity contribution in [1.82, 2.24) is 19.1 Å². The second-order valence-electron chi connectivity index (χ2n) is 6.59. The quantitative estimate of drug-likeness (QED) is 0.636. The molecule has 1 fully saturated rings. The van der Waals surface area contributed by atoms with Crippen molar-refractivity contribution < 1.29 is 19.1 Å². The molecule has 1 saturated heterocycles. The molecule has 3 heterocycles. The summed E-state index contributed by atoms with van der Waals surface area (Å²) in [5.41, 5.74) is 6.67. The molecule has 2 N–H and O–H groups in total. The molecule has 0 aliphatic carbocycles. The Kier molecular flexibility index (Phi) is 5.96. The standard InChI is InChI=1S/C20H18N6O4S/c21-17(27)13-1-3-15(4-2-13)26-24-16(20(29)25-9-11-30-12-10-25)19(31-26)23-18(28)14-5-7-22-8-6-14/h1-8H,9-12H2,(H2,21,27). The molecule has 31 heavy (non-hydrogen) atoms. The molecule has 0 radical (unpaired) electrons. The summed E-state index contributed by atoms with van der Waals surface area (Å²) in [5.74, 6) is -1.37. The molecule has 4 rings (SSSR count). The molecule has 0 spiro atoms. The maximum absolute atomic E-state index is 13.1. The third-order valence-corrected chi connectivity index (χ3v) is 5.49. The Morgan fingerprint density at radius 2 is 1.68 bits per heavy atom. The van der Waals surface area contributed by atoms with Crippen molar-refractivity contribution in [2.45, 2.75) is 0 Å². The number of primary amides is 1. The summed E-state index contributed by atoms with van der Waals surface area (Å²) in [4.78, 5) is 46.7. The average molecular weight is 438 g/mol. The van der Waals surface area contributed by atoms with Crippen molar-refractivity contribution in [3.05, 3.63) is 70.3 Å². The van der Waals surface area contributed by atoms with E-state index in [2.05, 4.69) is 15.1 Å². The lowest BCUT2D eigenvalue weighted by atomic mass is 10.2. The predicted molar refractivity (Wildman–Crippen MR) is 111 cm³/mol.